The van der Waals surface area contributed by atoms with Crippen molar-refractivity contribution in [3.8, 4) is 28.6 Å². The van der Waals surface area contributed by atoms with Crippen molar-refractivity contribution in [2.45, 2.75) is 81.3 Å². The number of piperazine rings is 1. The normalized spacial score (nSPS) is 29.2. The first-order valence-electron chi connectivity index (χ1n) is 17.0. The molecule has 0 spiro atoms. The van der Waals surface area contributed by atoms with E-state index in [1.807, 2.05) is 12.1 Å². The molecule has 10 rings (SSSR count). The van der Waals surface area contributed by atoms with Crippen LogP contribution >= 0.6 is 0 Å². The number of anilines is 1. The minimum atomic E-state index is -0.906. The molecular weight excluding hydrogens is 606 g/mol. The van der Waals surface area contributed by atoms with Crippen molar-refractivity contribution in [2.24, 2.45) is 0 Å². The Balaban J connectivity index is 1.19. The highest BCUT2D eigenvalue weighted by atomic mass is 19.1. The van der Waals surface area contributed by atoms with Gasteiger partial charge < -0.3 is 29.4 Å². The molecule has 6 aliphatic heterocycles. The van der Waals surface area contributed by atoms with Gasteiger partial charge in [0.1, 0.15) is 35.3 Å². The summed E-state index contributed by atoms with van der Waals surface area (Å²) in [6.07, 6.45) is 4.66. The summed E-state index contributed by atoms with van der Waals surface area (Å²) in [5.41, 5.74) is 0.565. The number of phenolic OH excluding ortho intramolecular Hbond substituents is 1. The molecule has 8 heterocycles. The maximum Gasteiger partial charge on any atom is 0.319 e. The zero-order chi connectivity index (χ0) is 31.6. The molecule has 5 atom stereocenters. The number of phenols is 1. The molecule has 0 saturated carbocycles. The number of rotatable bonds is 4. The van der Waals surface area contributed by atoms with E-state index in [2.05, 4.69) is 15.1 Å². The summed E-state index contributed by atoms with van der Waals surface area (Å²) in [5.74, 6) is 0.390. The SMILES string of the molecule is O=c1c(-c2cc(O)cc3ccc4c(c23)CCO4)c(F)c2nc(OC[C@@]34CCCN3C[C@H](F)C4)nc3c2n1CCC1C2CCC(CN31)N2. The summed E-state index contributed by atoms with van der Waals surface area (Å²) >= 11 is 0. The smallest absolute Gasteiger partial charge is 0.319 e. The largest absolute Gasteiger partial charge is 0.508 e. The van der Waals surface area contributed by atoms with E-state index in [9.17, 15) is 14.3 Å². The van der Waals surface area contributed by atoms with E-state index >= 15 is 4.39 Å². The monoisotopic (exact) mass is 642 g/mol. The Morgan fingerprint density at radius 2 is 2.06 bits per heavy atom. The van der Waals surface area contributed by atoms with Crippen molar-refractivity contribution in [1.29, 1.82) is 0 Å². The number of hydrogen-bond acceptors (Lipinski definition) is 9. The van der Waals surface area contributed by atoms with E-state index in [0.29, 0.717) is 78.9 Å². The topological polar surface area (TPSA) is 105 Å². The lowest BCUT2D eigenvalue weighted by molar-refractivity contribution is 0.107. The standard InChI is InChI=1S/C35H36F2N6O4/c36-19-14-35(8-1-9-41(35)15-19)17-47-34-39-30-29(37)28(23-13-21(44)12-18-2-5-26-22(27(18)23)7-11-46-26)33(45)42-10-6-25-24-4-3-20(38-24)16-43(25)32(40-34)31(30)42/h2,5,12-13,19-20,24-25,38,44H,1,3-4,6-11,14-17H2/t19-,20?,24?,25?,35+/m1/s1. The number of alkyl halides is 1. The van der Waals surface area contributed by atoms with Gasteiger partial charge in [0.15, 0.2) is 11.6 Å². The van der Waals surface area contributed by atoms with Gasteiger partial charge in [0.25, 0.3) is 5.56 Å². The Hall–Kier alpha value is -4.03. The Labute approximate surface area is 269 Å². The quantitative estimate of drug-likeness (QED) is 0.341. The maximum atomic E-state index is 17.3. The van der Waals surface area contributed by atoms with Crippen molar-refractivity contribution in [3.05, 3.63) is 46.0 Å². The highest BCUT2D eigenvalue weighted by Crippen LogP contribution is 2.44. The second kappa shape index (κ2) is 9.99. The molecule has 10 nitrogen and oxygen atoms in total. The van der Waals surface area contributed by atoms with Crippen molar-refractivity contribution in [1.82, 2.24) is 24.8 Å². The number of pyridine rings is 1. The lowest BCUT2D eigenvalue weighted by Crippen LogP contribution is -2.58. The van der Waals surface area contributed by atoms with Crippen LogP contribution in [0.1, 0.15) is 44.1 Å². The molecular formula is C35H36F2N6O4. The van der Waals surface area contributed by atoms with Crippen LogP contribution in [-0.4, -0.2) is 87.2 Å². The summed E-state index contributed by atoms with van der Waals surface area (Å²) in [7, 11) is 0. The summed E-state index contributed by atoms with van der Waals surface area (Å²) in [5, 5.41) is 15.9. The second-order valence-corrected chi connectivity index (χ2v) is 14.3. The second-order valence-electron chi connectivity index (χ2n) is 14.3. The van der Waals surface area contributed by atoms with Gasteiger partial charge in [-0.05, 0) is 67.6 Å². The Morgan fingerprint density at radius 1 is 1.15 bits per heavy atom. The van der Waals surface area contributed by atoms with E-state index in [0.717, 1.165) is 37.8 Å². The third kappa shape index (κ3) is 4.03. The molecule has 4 aromatic rings. The van der Waals surface area contributed by atoms with Crippen molar-refractivity contribution < 1.29 is 23.4 Å². The van der Waals surface area contributed by atoms with Crippen LogP contribution in [0.3, 0.4) is 0 Å². The van der Waals surface area contributed by atoms with Crippen LogP contribution in [-0.2, 0) is 13.0 Å². The van der Waals surface area contributed by atoms with E-state index in [-0.39, 0.29) is 47.6 Å². The molecule has 2 aromatic carbocycles. The molecule has 2 aromatic heterocycles. The number of fused-ring (bicyclic) bond motifs is 9. The minimum absolute atomic E-state index is 0.0158. The van der Waals surface area contributed by atoms with Gasteiger partial charge in [-0.15, -0.1) is 0 Å². The first kappa shape index (κ1) is 28.0. The lowest BCUT2D eigenvalue weighted by Gasteiger charge is -2.41. The van der Waals surface area contributed by atoms with Crippen LogP contribution in [0.2, 0.25) is 0 Å². The first-order valence-corrected chi connectivity index (χ1v) is 17.0. The molecule has 0 amide bonds. The Kier molecular flexibility index (Phi) is 5.96. The average Bonchev–Trinajstić information content (AvgIpc) is 3.82. The van der Waals surface area contributed by atoms with Gasteiger partial charge in [0, 0.05) is 61.7 Å². The van der Waals surface area contributed by atoms with Gasteiger partial charge in [0.2, 0.25) is 0 Å². The number of aryl methyl sites for hydroxylation is 1. The molecule has 12 heteroatoms. The zero-order valence-corrected chi connectivity index (χ0v) is 26.0. The Bertz CT molecular complexity index is 2060. The molecule has 6 aliphatic rings. The minimum Gasteiger partial charge on any atom is -0.508 e. The number of aromatic nitrogens is 3. The molecule has 0 radical (unpaired) electrons. The van der Waals surface area contributed by atoms with Crippen molar-refractivity contribution in [2.75, 3.05) is 37.7 Å². The van der Waals surface area contributed by atoms with E-state index < -0.39 is 23.1 Å². The number of nitrogens with one attached hydrogen (secondary N) is 1. The van der Waals surface area contributed by atoms with Gasteiger partial charge in [-0.3, -0.25) is 9.69 Å². The Morgan fingerprint density at radius 3 is 2.98 bits per heavy atom. The van der Waals surface area contributed by atoms with Crippen LogP contribution in [0.4, 0.5) is 14.6 Å². The fourth-order valence-corrected chi connectivity index (χ4v) is 9.73. The fraction of sp³-hybridized carbons (Fsp3) is 0.514. The van der Waals surface area contributed by atoms with Gasteiger partial charge in [-0.25, -0.2) is 8.78 Å². The number of benzene rings is 2. The summed E-state index contributed by atoms with van der Waals surface area (Å²) < 4.78 is 45.7. The molecule has 47 heavy (non-hydrogen) atoms. The highest BCUT2D eigenvalue weighted by Gasteiger charge is 2.50. The van der Waals surface area contributed by atoms with Gasteiger partial charge in [-0.1, -0.05) is 6.07 Å². The molecule has 4 saturated heterocycles. The highest BCUT2D eigenvalue weighted by molar-refractivity contribution is 6.03. The van der Waals surface area contributed by atoms with Crippen LogP contribution in [0.5, 0.6) is 17.5 Å². The predicted octanol–water partition coefficient (Wildman–Crippen LogP) is 4.06. The maximum absolute atomic E-state index is 17.3. The average molecular weight is 643 g/mol. The van der Waals surface area contributed by atoms with Crippen LogP contribution < -0.4 is 25.2 Å². The molecule has 4 fully saturated rings. The summed E-state index contributed by atoms with van der Waals surface area (Å²) in [6, 6.07) is 7.41. The first-order chi connectivity index (χ1) is 22.9. The molecule has 2 bridgehead atoms. The van der Waals surface area contributed by atoms with Crippen LogP contribution in [0.15, 0.2) is 29.1 Å². The van der Waals surface area contributed by atoms with Gasteiger partial charge in [0.05, 0.1) is 17.7 Å². The lowest BCUT2D eigenvalue weighted by atomic mass is 9.93. The van der Waals surface area contributed by atoms with E-state index in [1.165, 1.54) is 6.07 Å². The molecule has 3 unspecified atom stereocenters. The summed E-state index contributed by atoms with van der Waals surface area (Å²) in [6.45, 7) is 3.00. The summed E-state index contributed by atoms with van der Waals surface area (Å²) in [4.78, 5) is 28.6. The molecule has 2 N–H and O–H groups in total. The van der Waals surface area contributed by atoms with E-state index in [4.69, 9.17) is 19.4 Å². The molecule has 244 valence electrons. The number of aromatic hydroxyl groups is 1. The van der Waals surface area contributed by atoms with Crippen LogP contribution in [0.25, 0.3) is 32.9 Å². The van der Waals surface area contributed by atoms with Gasteiger partial charge >= 0.3 is 6.01 Å². The van der Waals surface area contributed by atoms with E-state index in [1.54, 1.807) is 10.6 Å². The number of ether oxygens (including phenoxy) is 2. The predicted molar refractivity (Wildman–Crippen MR) is 172 cm³/mol. The van der Waals surface area contributed by atoms with Crippen LogP contribution in [0, 0.1) is 5.82 Å². The van der Waals surface area contributed by atoms with Crippen molar-refractivity contribution >= 4 is 27.6 Å². The van der Waals surface area contributed by atoms with Gasteiger partial charge in [-0.2, -0.15) is 9.97 Å². The molecule has 0 aliphatic carbocycles. The third-order valence-corrected chi connectivity index (χ3v) is 11.8. The zero-order valence-electron chi connectivity index (χ0n) is 26.0. The number of hydrogen-bond donors (Lipinski definition) is 2. The number of halogens is 2. The fourth-order valence-electron chi connectivity index (χ4n) is 9.73. The van der Waals surface area contributed by atoms with Crippen molar-refractivity contribution in [3.63, 3.8) is 0 Å². The number of nitrogens with zero attached hydrogens (tertiary/aromatic N) is 5. The third-order valence-electron chi connectivity index (χ3n) is 11.8.